The molecule has 1 amide bonds. The minimum atomic E-state index is -0.133. The summed E-state index contributed by atoms with van der Waals surface area (Å²) in [6.45, 7) is 6.74. The highest BCUT2D eigenvalue weighted by molar-refractivity contribution is 5.77. The van der Waals surface area contributed by atoms with Crippen LogP contribution in [-0.2, 0) is 11.2 Å². The Morgan fingerprint density at radius 1 is 1.00 bits per heavy atom. The molecule has 146 valence electrons. The Labute approximate surface area is 162 Å². The van der Waals surface area contributed by atoms with E-state index >= 15 is 0 Å². The van der Waals surface area contributed by atoms with Gasteiger partial charge in [0.2, 0.25) is 0 Å². The first-order chi connectivity index (χ1) is 13.2. The summed E-state index contributed by atoms with van der Waals surface area (Å²) in [6, 6.07) is 17.9. The number of benzene rings is 2. The van der Waals surface area contributed by atoms with Crippen LogP contribution in [0.5, 0.6) is 11.5 Å². The van der Waals surface area contributed by atoms with Crippen molar-refractivity contribution in [2.45, 2.75) is 26.3 Å². The van der Waals surface area contributed by atoms with Crippen molar-refractivity contribution in [1.82, 2.24) is 10.2 Å². The van der Waals surface area contributed by atoms with Crippen LogP contribution in [0.15, 0.2) is 54.6 Å². The third-order valence-electron chi connectivity index (χ3n) is 4.61. The maximum atomic E-state index is 12.3. The van der Waals surface area contributed by atoms with Gasteiger partial charge in [0.1, 0.15) is 0 Å². The van der Waals surface area contributed by atoms with E-state index in [0.29, 0.717) is 18.0 Å². The van der Waals surface area contributed by atoms with Crippen molar-refractivity contribution in [3.8, 4) is 11.5 Å². The monoisotopic (exact) mass is 370 g/mol. The third-order valence-corrected chi connectivity index (χ3v) is 4.61. The van der Waals surface area contributed by atoms with Gasteiger partial charge in [0.25, 0.3) is 5.91 Å². The van der Waals surface area contributed by atoms with Crippen molar-refractivity contribution >= 4 is 5.91 Å². The molecule has 0 spiro atoms. The van der Waals surface area contributed by atoms with Gasteiger partial charge in [-0.25, -0.2) is 0 Å². The van der Waals surface area contributed by atoms with E-state index in [4.69, 9.17) is 9.47 Å². The summed E-state index contributed by atoms with van der Waals surface area (Å²) in [6.07, 6.45) is 0.899. The Hall–Kier alpha value is -2.53. The summed E-state index contributed by atoms with van der Waals surface area (Å²) >= 11 is 0. The highest BCUT2D eigenvalue weighted by Crippen LogP contribution is 2.25. The average Bonchev–Trinajstić information content (AvgIpc) is 2.72. The van der Waals surface area contributed by atoms with E-state index in [2.05, 4.69) is 36.2 Å². The zero-order valence-corrected chi connectivity index (χ0v) is 16.5. The molecule has 0 saturated heterocycles. The molecule has 0 aromatic heterocycles. The molecule has 1 N–H and O–H groups in total. The van der Waals surface area contributed by atoms with Crippen LogP contribution in [0.25, 0.3) is 0 Å². The number of carbonyl (C=O) groups excluding carboxylic acids is 1. The lowest BCUT2D eigenvalue weighted by Crippen LogP contribution is -2.46. The molecule has 5 nitrogen and oxygen atoms in total. The number of para-hydroxylation sites is 2. The Balaban J connectivity index is 1.90. The fraction of sp³-hybridized carbons (Fsp3) is 0.409. The summed E-state index contributed by atoms with van der Waals surface area (Å²) in [5, 5.41) is 3.01. The van der Waals surface area contributed by atoms with Gasteiger partial charge in [-0.3, -0.25) is 9.69 Å². The highest BCUT2D eigenvalue weighted by atomic mass is 16.5. The molecule has 0 aliphatic heterocycles. The van der Waals surface area contributed by atoms with Gasteiger partial charge in [-0.15, -0.1) is 0 Å². The van der Waals surface area contributed by atoms with E-state index < -0.39 is 0 Å². The first kappa shape index (κ1) is 20.8. The van der Waals surface area contributed by atoms with Gasteiger partial charge in [-0.1, -0.05) is 56.3 Å². The molecule has 0 heterocycles. The topological polar surface area (TPSA) is 50.8 Å². The maximum absolute atomic E-state index is 12.3. The third kappa shape index (κ3) is 6.61. The highest BCUT2D eigenvalue weighted by Gasteiger charge is 2.17. The number of ether oxygens (including phenoxy) is 2. The van der Waals surface area contributed by atoms with Crippen molar-refractivity contribution in [1.29, 1.82) is 0 Å². The van der Waals surface area contributed by atoms with Crippen LogP contribution < -0.4 is 14.8 Å². The van der Waals surface area contributed by atoms with Gasteiger partial charge in [0, 0.05) is 12.6 Å². The molecule has 0 saturated carbocycles. The summed E-state index contributed by atoms with van der Waals surface area (Å²) in [5.74, 6) is 1.06. The van der Waals surface area contributed by atoms with Crippen molar-refractivity contribution in [3.63, 3.8) is 0 Å². The van der Waals surface area contributed by atoms with Gasteiger partial charge in [-0.05, 0) is 37.2 Å². The Bertz CT molecular complexity index is 687. The number of hydrogen-bond donors (Lipinski definition) is 1. The fourth-order valence-electron chi connectivity index (χ4n) is 3.12. The van der Waals surface area contributed by atoms with Gasteiger partial charge in [-0.2, -0.15) is 0 Å². The van der Waals surface area contributed by atoms with E-state index in [0.717, 1.165) is 19.5 Å². The largest absolute Gasteiger partial charge is 0.493 e. The van der Waals surface area contributed by atoms with E-state index in [-0.39, 0.29) is 18.6 Å². The van der Waals surface area contributed by atoms with Crippen molar-refractivity contribution in [2.24, 2.45) is 0 Å². The molecule has 2 aromatic rings. The van der Waals surface area contributed by atoms with Gasteiger partial charge < -0.3 is 14.8 Å². The van der Waals surface area contributed by atoms with E-state index in [1.807, 2.05) is 36.4 Å². The zero-order chi connectivity index (χ0) is 19.5. The van der Waals surface area contributed by atoms with Crippen LogP contribution >= 0.6 is 0 Å². The minimum absolute atomic E-state index is 0.0311. The summed E-state index contributed by atoms with van der Waals surface area (Å²) in [7, 11) is 1.58. The van der Waals surface area contributed by atoms with Crippen LogP contribution in [0.2, 0.25) is 0 Å². The number of hydrogen-bond acceptors (Lipinski definition) is 4. The first-order valence-electron chi connectivity index (χ1n) is 9.48. The molecule has 2 aromatic carbocycles. The van der Waals surface area contributed by atoms with Gasteiger partial charge >= 0.3 is 0 Å². The normalized spacial score (nSPS) is 11.9. The summed E-state index contributed by atoms with van der Waals surface area (Å²) < 4.78 is 10.8. The SMILES string of the molecule is CCN(CC)[C@H](CNC(=O)COc1ccccc1OC)Cc1ccccc1. The lowest BCUT2D eigenvalue weighted by molar-refractivity contribution is -0.123. The second-order valence-corrected chi connectivity index (χ2v) is 6.31. The summed E-state index contributed by atoms with van der Waals surface area (Å²) in [5.41, 5.74) is 1.27. The van der Waals surface area contributed by atoms with Crippen LogP contribution in [0.1, 0.15) is 19.4 Å². The second kappa shape index (κ2) is 11.2. The maximum Gasteiger partial charge on any atom is 0.257 e. The number of amides is 1. The number of carbonyl (C=O) groups is 1. The predicted octanol–water partition coefficient (Wildman–Crippen LogP) is 3.14. The lowest BCUT2D eigenvalue weighted by atomic mass is 10.0. The summed E-state index contributed by atoms with van der Waals surface area (Å²) in [4.78, 5) is 14.6. The average molecular weight is 370 g/mol. The Morgan fingerprint density at radius 2 is 1.63 bits per heavy atom. The van der Waals surface area contributed by atoms with Crippen LogP contribution in [0, 0.1) is 0 Å². The minimum Gasteiger partial charge on any atom is -0.493 e. The molecule has 0 radical (unpaired) electrons. The van der Waals surface area contributed by atoms with Crippen LogP contribution in [0.3, 0.4) is 0 Å². The second-order valence-electron chi connectivity index (χ2n) is 6.31. The number of nitrogens with zero attached hydrogens (tertiary/aromatic N) is 1. The molecule has 27 heavy (non-hydrogen) atoms. The molecule has 5 heteroatoms. The molecule has 2 rings (SSSR count). The molecule has 0 bridgehead atoms. The van der Waals surface area contributed by atoms with Gasteiger partial charge in [0.05, 0.1) is 7.11 Å². The van der Waals surface area contributed by atoms with Crippen molar-refractivity contribution in [3.05, 3.63) is 60.2 Å². The van der Waals surface area contributed by atoms with E-state index in [9.17, 15) is 4.79 Å². The predicted molar refractivity (Wildman–Crippen MR) is 108 cm³/mol. The lowest BCUT2D eigenvalue weighted by Gasteiger charge is -2.30. The van der Waals surface area contributed by atoms with Crippen LogP contribution in [0.4, 0.5) is 0 Å². The Kier molecular flexibility index (Phi) is 8.65. The first-order valence-corrected chi connectivity index (χ1v) is 9.48. The quantitative estimate of drug-likeness (QED) is 0.660. The fourth-order valence-corrected chi connectivity index (χ4v) is 3.12. The van der Waals surface area contributed by atoms with Crippen molar-refractivity contribution < 1.29 is 14.3 Å². The molecular formula is C22H30N2O3. The molecule has 0 aliphatic carbocycles. The number of nitrogens with one attached hydrogen (secondary N) is 1. The number of rotatable bonds is 11. The van der Waals surface area contributed by atoms with E-state index in [1.165, 1.54) is 5.56 Å². The number of methoxy groups -OCH3 is 1. The molecule has 1 atom stereocenters. The molecule has 0 fully saturated rings. The molecular weight excluding hydrogens is 340 g/mol. The zero-order valence-electron chi connectivity index (χ0n) is 16.5. The van der Waals surface area contributed by atoms with E-state index in [1.54, 1.807) is 13.2 Å². The molecule has 0 unspecified atom stereocenters. The Morgan fingerprint density at radius 3 is 2.26 bits per heavy atom. The standard InChI is InChI=1S/C22H30N2O3/c1-4-24(5-2)19(15-18-11-7-6-8-12-18)16-23-22(25)17-27-21-14-10-9-13-20(21)26-3/h6-14,19H,4-5,15-17H2,1-3H3,(H,23,25)/t19-/m0/s1. The van der Waals surface area contributed by atoms with Crippen LogP contribution in [-0.4, -0.2) is 50.2 Å². The molecule has 0 aliphatic rings. The van der Waals surface area contributed by atoms with Gasteiger partial charge in [0.15, 0.2) is 18.1 Å². The number of likely N-dealkylation sites (N-methyl/N-ethyl adjacent to an activating group) is 1. The van der Waals surface area contributed by atoms with Crippen molar-refractivity contribution in [2.75, 3.05) is 33.4 Å². The smallest absolute Gasteiger partial charge is 0.257 e.